The molecule has 1 saturated heterocycles. The Bertz CT molecular complexity index is 1520. The van der Waals surface area contributed by atoms with Crippen molar-refractivity contribution < 1.29 is 19.5 Å². The van der Waals surface area contributed by atoms with Gasteiger partial charge in [-0.05, 0) is 67.4 Å². The van der Waals surface area contributed by atoms with E-state index in [0.29, 0.717) is 24.7 Å². The summed E-state index contributed by atoms with van der Waals surface area (Å²) < 4.78 is 11.1. The molecule has 0 radical (unpaired) electrons. The molecule has 234 valence electrons. The molecule has 9 heteroatoms. The third-order valence-corrected chi connectivity index (χ3v) is 6.21. The van der Waals surface area contributed by atoms with Gasteiger partial charge >= 0.3 is 0 Å². The lowest BCUT2D eigenvalue weighted by molar-refractivity contribution is -0.384. The first kappa shape index (κ1) is 34.0. The number of hydrogen-bond acceptors (Lipinski definition) is 8. The Balaban J connectivity index is 0.000000178. The zero-order chi connectivity index (χ0) is 32.1. The van der Waals surface area contributed by atoms with Gasteiger partial charge in [-0.1, -0.05) is 78.9 Å². The van der Waals surface area contributed by atoms with E-state index in [2.05, 4.69) is 5.32 Å². The van der Waals surface area contributed by atoms with Crippen LogP contribution in [0.2, 0.25) is 0 Å². The molecule has 45 heavy (non-hydrogen) atoms. The quantitative estimate of drug-likeness (QED) is 0.0851. The smallest absolute Gasteiger partial charge is 0.273 e. The molecule has 0 amide bonds. The number of benzene rings is 5. The lowest BCUT2D eigenvalue weighted by Crippen LogP contribution is -2.03. The molecule has 0 bridgehead atoms. The number of nitro benzene ring substituents is 1. The SMILES string of the molecule is C1CCNC1.Nc1cccc(O)c1.Nc1cccc(OCc2ccccc2)c1.O=[N+]([O-])c1cccc(OCc2ccccc2)c1. The van der Waals surface area contributed by atoms with Crippen molar-refractivity contribution in [3.05, 3.63) is 155 Å². The lowest BCUT2D eigenvalue weighted by atomic mass is 10.2. The maximum absolute atomic E-state index is 10.6. The van der Waals surface area contributed by atoms with Crippen LogP contribution in [0.15, 0.2) is 133 Å². The van der Waals surface area contributed by atoms with Crippen LogP contribution in [0.4, 0.5) is 17.1 Å². The van der Waals surface area contributed by atoms with Crippen molar-refractivity contribution in [2.75, 3.05) is 24.6 Å². The second-order valence-corrected chi connectivity index (χ2v) is 9.93. The Labute approximate surface area is 264 Å². The van der Waals surface area contributed by atoms with Gasteiger partial charge in [0.15, 0.2) is 0 Å². The van der Waals surface area contributed by atoms with Gasteiger partial charge in [0.05, 0.1) is 11.0 Å². The van der Waals surface area contributed by atoms with Crippen molar-refractivity contribution in [1.82, 2.24) is 5.32 Å². The molecule has 5 aromatic carbocycles. The molecule has 0 atom stereocenters. The number of hydrogen-bond donors (Lipinski definition) is 4. The summed E-state index contributed by atoms with van der Waals surface area (Å²) in [5.74, 6) is 1.52. The first-order chi connectivity index (χ1) is 21.9. The largest absolute Gasteiger partial charge is 0.508 e. The maximum Gasteiger partial charge on any atom is 0.273 e. The van der Waals surface area contributed by atoms with Crippen molar-refractivity contribution in [1.29, 1.82) is 0 Å². The summed E-state index contributed by atoms with van der Waals surface area (Å²) in [5.41, 5.74) is 14.5. The highest BCUT2D eigenvalue weighted by atomic mass is 16.6. The molecule has 6 N–H and O–H groups in total. The van der Waals surface area contributed by atoms with E-state index in [0.717, 1.165) is 22.6 Å². The fraction of sp³-hybridized carbons (Fsp3) is 0.167. The van der Waals surface area contributed by atoms with Crippen LogP contribution < -0.4 is 26.3 Å². The fourth-order valence-corrected chi connectivity index (χ4v) is 3.92. The second kappa shape index (κ2) is 19.6. The standard InChI is InChI=1S/C13H11NO3.C13H13NO.C6H7NO.C4H9N/c15-14(16)12-7-4-8-13(9-12)17-10-11-5-2-1-3-6-11;14-12-7-4-8-13(9-12)15-10-11-5-2-1-3-6-11;7-5-2-1-3-6(8)4-5;1-2-4-5-3-1/h1-9H,10H2;1-9H,10,14H2;1-4,8H,7H2;5H,1-4H2. The topological polar surface area (TPSA) is 146 Å². The van der Waals surface area contributed by atoms with Crippen LogP contribution in [0.3, 0.4) is 0 Å². The van der Waals surface area contributed by atoms with Gasteiger partial charge in [-0.2, -0.15) is 0 Å². The number of aromatic hydroxyl groups is 1. The molecular formula is C36H40N4O5. The van der Waals surface area contributed by atoms with E-state index < -0.39 is 4.92 Å². The molecule has 0 spiro atoms. The average Bonchev–Trinajstić information content (AvgIpc) is 3.65. The van der Waals surface area contributed by atoms with E-state index in [1.807, 2.05) is 84.9 Å². The van der Waals surface area contributed by atoms with Crippen LogP contribution in [0.1, 0.15) is 24.0 Å². The van der Waals surface area contributed by atoms with Gasteiger partial charge in [0.2, 0.25) is 0 Å². The number of anilines is 2. The minimum absolute atomic E-state index is 0.0376. The normalized spacial score (nSPS) is 11.3. The Morgan fingerprint density at radius 3 is 1.56 bits per heavy atom. The number of nitro groups is 1. The van der Waals surface area contributed by atoms with Crippen molar-refractivity contribution in [3.63, 3.8) is 0 Å². The number of ether oxygens (including phenoxy) is 2. The molecule has 5 aromatic rings. The highest BCUT2D eigenvalue weighted by Crippen LogP contribution is 2.20. The zero-order valence-corrected chi connectivity index (χ0v) is 25.1. The summed E-state index contributed by atoms with van der Waals surface area (Å²) >= 11 is 0. The molecule has 1 fully saturated rings. The lowest BCUT2D eigenvalue weighted by Gasteiger charge is -2.06. The zero-order valence-electron chi connectivity index (χ0n) is 25.1. The van der Waals surface area contributed by atoms with Crippen molar-refractivity contribution >= 4 is 17.1 Å². The van der Waals surface area contributed by atoms with Crippen LogP contribution in [0.25, 0.3) is 0 Å². The van der Waals surface area contributed by atoms with E-state index in [4.69, 9.17) is 26.0 Å². The Morgan fingerprint density at radius 2 is 1.13 bits per heavy atom. The summed E-state index contributed by atoms with van der Waals surface area (Å²) in [4.78, 5) is 10.1. The molecule has 1 heterocycles. The van der Waals surface area contributed by atoms with Crippen molar-refractivity contribution in [3.8, 4) is 17.2 Å². The molecule has 1 aliphatic heterocycles. The van der Waals surface area contributed by atoms with Crippen LogP contribution in [-0.4, -0.2) is 23.1 Å². The first-order valence-corrected chi connectivity index (χ1v) is 14.6. The molecule has 9 nitrogen and oxygen atoms in total. The monoisotopic (exact) mass is 608 g/mol. The molecule has 0 aromatic heterocycles. The molecular weight excluding hydrogens is 568 g/mol. The summed E-state index contributed by atoms with van der Waals surface area (Å²) in [6.07, 6.45) is 2.78. The van der Waals surface area contributed by atoms with Crippen LogP contribution in [0, 0.1) is 10.1 Å². The van der Waals surface area contributed by atoms with Crippen LogP contribution in [-0.2, 0) is 13.2 Å². The number of phenols is 1. The Hall–Kier alpha value is -5.54. The van der Waals surface area contributed by atoms with E-state index in [9.17, 15) is 10.1 Å². The van der Waals surface area contributed by atoms with Crippen molar-refractivity contribution in [2.45, 2.75) is 26.1 Å². The van der Waals surface area contributed by atoms with E-state index in [1.54, 1.807) is 30.3 Å². The molecule has 1 aliphatic rings. The summed E-state index contributed by atoms with van der Waals surface area (Å²) in [7, 11) is 0. The van der Waals surface area contributed by atoms with Gasteiger partial charge in [-0.3, -0.25) is 10.1 Å². The molecule has 0 saturated carbocycles. The predicted octanol–water partition coefficient (Wildman–Crippen LogP) is 7.37. The van der Waals surface area contributed by atoms with Gasteiger partial charge < -0.3 is 31.4 Å². The average molecular weight is 609 g/mol. The van der Waals surface area contributed by atoms with Crippen LogP contribution >= 0.6 is 0 Å². The Kier molecular flexibility index (Phi) is 14.8. The highest BCUT2D eigenvalue weighted by Gasteiger charge is 2.06. The maximum atomic E-state index is 10.6. The van der Waals surface area contributed by atoms with E-state index in [1.165, 1.54) is 44.1 Å². The predicted molar refractivity (Wildman–Crippen MR) is 180 cm³/mol. The number of nitrogens with one attached hydrogen (secondary N) is 1. The summed E-state index contributed by atoms with van der Waals surface area (Å²) in [6.45, 7) is 3.48. The second-order valence-electron chi connectivity index (χ2n) is 9.93. The minimum atomic E-state index is -0.435. The number of nitrogens with zero attached hydrogens (tertiary/aromatic N) is 1. The van der Waals surface area contributed by atoms with E-state index in [-0.39, 0.29) is 11.4 Å². The fourth-order valence-electron chi connectivity index (χ4n) is 3.92. The number of nitrogens with two attached hydrogens (primary N) is 2. The highest BCUT2D eigenvalue weighted by molar-refractivity contribution is 5.44. The number of nitrogen functional groups attached to an aromatic ring is 2. The number of phenolic OH excluding ortho intramolecular Hbond substituents is 1. The van der Waals surface area contributed by atoms with Gasteiger partial charge in [0, 0.05) is 29.6 Å². The number of rotatable bonds is 7. The van der Waals surface area contributed by atoms with E-state index >= 15 is 0 Å². The summed E-state index contributed by atoms with van der Waals surface area (Å²) in [5, 5.41) is 22.5. The first-order valence-electron chi connectivity index (χ1n) is 14.6. The van der Waals surface area contributed by atoms with Gasteiger partial charge in [0.1, 0.15) is 30.5 Å². The van der Waals surface area contributed by atoms with Crippen molar-refractivity contribution in [2.24, 2.45) is 0 Å². The molecule has 6 rings (SSSR count). The summed E-state index contributed by atoms with van der Waals surface area (Å²) in [6, 6.07) is 39.8. The van der Waals surface area contributed by atoms with Gasteiger partial charge in [0.25, 0.3) is 5.69 Å². The minimum Gasteiger partial charge on any atom is -0.508 e. The van der Waals surface area contributed by atoms with Gasteiger partial charge in [-0.25, -0.2) is 0 Å². The third-order valence-electron chi connectivity index (χ3n) is 6.21. The van der Waals surface area contributed by atoms with Gasteiger partial charge in [-0.15, -0.1) is 0 Å². The Morgan fingerprint density at radius 1 is 0.644 bits per heavy atom. The molecule has 0 aliphatic carbocycles. The number of non-ortho nitro benzene ring substituents is 1. The molecule has 0 unspecified atom stereocenters. The van der Waals surface area contributed by atoms with Crippen LogP contribution in [0.5, 0.6) is 17.2 Å². The third kappa shape index (κ3) is 14.5.